The first-order valence-electron chi connectivity index (χ1n) is 7.06. The number of carbonyl (C=O) groups is 1. The van der Waals surface area contributed by atoms with E-state index in [9.17, 15) is 4.79 Å². The van der Waals surface area contributed by atoms with Crippen molar-refractivity contribution in [2.24, 2.45) is 5.92 Å². The maximum absolute atomic E-state index is 12.4. The van der Waals surface area contributed by atoms with E-state index in [4.69, 9.17) is 9.47 Å². The summed E-state index contributed by atoms with van der Waals surface area (Å²) in [5.74, 6) is 0.327. The molecule has 1 aliphatic carbocycles. The van der Waals surface area contributed by atoms with E-state index in [1.165, 1.54) is 0 Å². The van der Waals surface area contributed by atoms with Gasteiger partial charge in [-0.2, -0.15) is 0 Å². The monoisotopic (exact) mass is 341 g/mol. The Morgan fingerprint density at radius 1 is 1.50 bits per heavy atom. The molecule has 5 heteroatoms. The Kier molecular flexibility index (Phi) is 5.02. The lowest BCUT2D eigenvalue weighted by Crippen LogP contribution is -2.53. The lowest BCUT2D eigenvalue weighted by atomic mass is 9.76. The van der Waals surface area contributed by atoms with Gasteiger partial charge < -0.3 is 9.47 Å². The van der Waals surface area contributed by atoms with Gasteiger partial charge in [0, 0.05) is 22.7 Å². The fourth-order valence-corrected chi connectivity index (χ4v) is 2.91. The van der Waals surface area contributed by atoms with Crippen LogP contribution in [-0.4, -0.2) is 23.2 Å². The van der Waals surface area contributed by atoms with Gasteiger partial charge in [0.25, 0.3) is 0 Å². The Labute approximate surface area is 128 Å². The van der Waals surface area contributed by atoms with E-state index in [0.29, 0.717) is 18.9 Å². The molecule has 0 unspecified atom stereocenters. The van der Waals surface area contributed by atoms with Crippen LogP contribution < -0.4 is 4.74 Å². The molecule has 1 aromatic rings. The fraction of sp³-hybridized carbons (Fsp3) is 0.600. The summed E-state index contributed by atoms with van der Waals surface area (Å²) in [4.78, 5) is 16.6. The number of carbonyl (C=O) groups excluding carboxylic acids is 1. The zero-order chi connectivity index (χ0) is 14.6. The highest BCUT2D eigenvalue weighted by Gasteiger charge is 2.49. The van der Waals surface area contributed by atoms with Gasteiger partial charge in [0.2, 0.25) is 11.5 Å². The van der Waals surface area contributed by atoms with Crippen molar-refractivity contribution in [3.05, 3.63) is 22.8 Å². The molecule has 1 saturated carbocycles. The third kappa shape index (κ3) is 3.14. The molecule has 0 amide bonds. The molecule has 0 radical (unpaired) electrons. The van der Waals surface area contributed by atoms with Crippen LogP contribution in [0.2, 0.25) is 0 Å². The molecule has 2 atom stereocenters. The van der Waals surface area contributed by atoms with E-state index in [2.05, 4.69) is 27.8 Å². The summed E-state index contributed by atoms with van der Waals surface area (Å²) in [6.45, 7) is 4.23. The standard InChI is InChI=1S/C15H20BrNO3/c1-3-19-14(18)15(9-5-4-6-11(15)2)20-13-8-7-12(16)10-17-13/h7-8,10-11H,3-6,9H2,1-2H3/t11-,15+/m1/s1. The number of aromatic nitrogens is 1. The summed E-state index contributed by atoms with van der Waals surface area (Å²) in [5, 5.41) is 0. The van der Waals surface area contributed by atoms with Crippen molar-refractivity contribution < 1.29 is 14.3 Å². The smallest absolute Gasteiger partial charge is 0.350 e. The average molecular weight is 342 g/mol. The number of hydrogen-bond acceptors (Lipinski definition) is 4. The van der Waals surface area contributed by atoms with Gasteiger partial charge in [-0.15, -0.1) is 0 Å². The van der Waals surface area contributed by atoms with Gasteiger partial charge in [-0.05, 0) is 48.2 Å². The number of rotatable bonds is 4. The topological polar surface area (TPSA) is 48.4 Å². The summed E-state index contributed by atoms with van der Waals surface area (Å²) in [6, 6.07) is 3.63. The van der Waals surface area contributed by atoms with Crippen molar-refractivity contribution >= 4 is 21.9 Å². The molecular weight excluding hydrogens is 322 g/mol. The van der Waals surface area contributed by atoms with Crippen LogP contribution in [0.1, 0.15) is 39.5 Å². The van der Waals surface area contributed by atoms with E-state index in [0.717, 1.165) is 23.7 Å². The molecule has 110 valence electrons. The van der Waals surface area contributed by atoms with E-state index in [-0.39, 0.29) is 11.9 Å². The quantitative estimate of drug-likeness (QED) is 0.782. The van der Waals surface area contributed by atoms with E-state index >= 15 is 0 Å². The molecule has 0 N–H and O–H groups in total. The number of pyridine rings is 1. The van der Waals surface area contributed by atoms with Crippen molar-refractivity contribution in [3.8, 4) is 5.88 Å². The molecule has 1 aromatic heterocycles. The van der Waals surface area contributed by atoms with Crippen LogP contribution in [0.4, 0.5) is 0 Å². The average Bonchev–Trinajstić information content (AvgIpc) is 2.44. The Morgan fingerprint density at radius 3 is 2.90 bits per heavy atom. The second-order valence-electron chi connectivity index (χ2n) is 5.17. The van der Waals surface area contributed by atoms with Gasteiger partial charge in [0.15, 0.2) is 0 Å². The van der Waals surface area contributed by atoms with Crippen LogP contribution in [0.15, 0.2) is 22.8 Å². The number of halogens is 1. The normalized spacial score (nSPS) is 26.1. The molecule has 0 saturated heterocycles. The molecule has 2 rings (SSSR count). The van der Waals surface area contributed by atoms with Gasteiger partial charge in [-0.25, -0.2) is 9.78 Å². The fourth-order valence-electron chi connectivity index (χ4n) is 2.68. The van der Waals surface area contributed by atoms with Gasteiger partial charge >= 0.3 is 5.97 Å². The Morgan fingerprint density at radius 2 is 2.30 bits per heavy atom. The van der Waals surface area contributed by atoms with Crippen LogP contribution in [0.25, 0.3) is 0 Å². The first-order valence-corrected chi connectivity index (χ1v) is 7.85. The molecule has 1 heterocycles. The number of nitrogens with zero attached hydrogens (tertiary/aromatic N) is 1. The third-order valence-corrected chi connectivity index (χ3v) is 4.31. The summed E-state index contributed by atoms with van der Waals surface area (Å²) < 4.78 is 12.1. The predicted octanol–water partition coefficient (Wildman–Crippen LogP) is 3.73. The van der Waals surface area contributed by atoms with Gasteiger partial charge in [0.1, 0.15) is 0 Å². The highest BCUT2D eigenvalue weighted by molar-refractivity contribution is 9.10. The SMILES string of the molecule is CCOC(=O)[C@]1(Oc2ccc(Br)cn2)CCCC[C@H]1C. The zero-order valence-electron chi connectivity index (χ0n) is 11.9. The Hall–Kier alpha value is -1.10. The van der Waals surface area contributed by atoms with Crippen LogP contribution in [-0.2, 0) is 9.53 Å². The van der Waals surface area contributed by atoms with Crippen LogP contribution in [0.5, 0.6) is 5.88 Å². The highest BCUT2D eigenvalue weighted by atomic mass is 79.9. The Balaban J connectivity index is 2.26. The molecule has 0 spiro atoms. The molecule has 1 fully saturated rings. The summed E-state index contributed by atoms with van der Waals surface area (Å²) in [7, 11) is 0. The summed E-state index contributed by atoms with van der Waals surface area (Å²) >= 11 is 3.34. The number of hydrogen-bond donors (Lipinski definition) is 0. The molecular formula is C15H20BrNO3. The first kappa shape index (κ1) is 15.3. The van der Waals surface area contributed by atoms with Crippen molar-refractivity contribution in [3.63, 3.8) is 0 Å². The maximum Gasteiger partial charge on any atom is 0.350 e. The molecule has 0 aliphatic heterocycles. The van der Waals surface area contributed by atoms with Gasteiger partial charge in [-0.3, -0.25) is 0 Å². The van der Waals surface area contributed by atoms with Gasteiger partial charge in [0.05, 0.1) is 6.61 Å². The largest absolute Gasteiger partial charge is 0.463 e. The minimum Gasteiger partial charge on any atom is -0.463 e. The third-order valence-electron chi connectivity index (χ3n) is 3.84. The summed E-state index contributed by atoms with van der Waals surface area (Å²) in [6.07, 6.45) is 5.42. The highest BCUT2D eigenvalue weighted by Crippen LogP contribution is 2.38. The predicted molar refractivity (Wildman–Crippen MR) is 79.6 cm³/mol. The second kappa shape index (κ2) is 6.57. The van der Waals surface area contributed by atoms with Crippen molar-refractivity contribution in [2.75, 3.05) is 6.61 Å². The second-order valence-corrected chi connectivity index (χ2v) is 6.09. The first-order chi connectivity index (χ1) is 9.58. The molecule has 20 heavy (non-hydrogen) atoms. The van der Waals surface area contributed by atoms with Crippen molar-refractivity contribution in [1.29, 1.82) is 0 Å². The minimum atomic E-state index is -0.894. The van der Waals surface area contributed by atoms with Gasteiger partial charge in [-0.1, -0.05) is 13.3 Å². The molecule has 0 aromatic carbocycles. The molecule has 4 nitrogen and oxygen atoms in total. The van der Waals surface area contributed by atoms with Crippen molar-refractivity contribution in [2.45, 2.75) is 45.1 Å². The van der Waals surface area contributed by atoms with Crippen LogP contribution >= 0.6 is 15.9 Å². The van der Waals surface area contributed by atoms with Crippen molar-refractivity contribution in [1.82, 2.24) is 4.98 Å². The lowest BCUT2D eigenvalue weighted by Gasteiger charge is -2.39. The van der Waals surface area contributed by atoms with Crippen LogP contribution in [0, 0.1) is 5.92 Å². The summed E-state index contributed by atoms with van der Waals surface area (Å²) in [5.41, 5.74) is -0.894. The lowest BCUT2D eigenvalue weighted by molar-refractivity contribution is -0.170. The van der Waals surface area contributed by atoms with E-state index in [1.807, 2.05) is 13.0 Å². The molecule has 0 bridgehead atoms. The number of esters is 1. The van der Waals surface area contributed by atoms with E-state index in [1.54, 1.807) is 12.3 Å². The van der Waals surface area contributed by atoms with E-state index < -0.39 is 5.60 Å². The zero-order valence-corrected chi connectivity index (χ0v) is 13.5. The molecule has 1 aliphatic rings. The minimum absolute atomic E-state index is 0.126. The van der Waals surface area contributed by atoms with Crippen LogP contribution in [0.3, 0.4) is 0 Å². The maximum atomic E-state index is 12.4. The Bertz CT molecular complexity index is 463. The number of ether oxygens (including phenoxy) is 2.